The first-order valence-corrected chi connectivity index (χ1v) is 10.3. The summed E-state index contributed by atoms with van der Waals surface area (Å²) in [7, 11) is 2.99. The maximum Gasteiger partial charge on any atom is 0.337 e. The summed E-state index contributed by atoms with van der Waals surface area (Å²) in [6, 6.07) is 17.4. The number of para-hydroxylation sites is 1. The van der Waals surface area contributed by atoms with Crippen molar-refractivity contribution in [1.29, 1.82) is 0 Å². The summed E-state index contributed by atoms with van der Waals surface area (Å²) in [6.07, 6.45) is 1.33. The zero-order valence-corrected chi connectivity index (χ0v) is 18.5. The van der Waals surface area contributed by atoms with E-state index in [1.54, 1.807) is 36.4 Å². The number of hydrogen-bond donors (Lipinski definition) is 3. The number of carbonyl (C=O) groups is 2. The van der Waals surface area contributed by atoms with Crippen molar-refractivity contribution in [2.24, 2.45) is 0 Å². The Kier molecular flexibility index (Phi) is 6.54. The van der Waals surface area contributed by atoms with E-state index in [1.807, 2.05) is 18.2 Å². The molecule has 4 aromatic rings. The van der Waals surface area contributed by atoms with Crippen LogP contribution in [0.4, 0.5) is 11.5 Å². The normalized spacial score (nSPS) is 10.5. The van der Waals surface area contributed by atoms with E-state index >= 15 is 0 Å². The van der Waals surface area contributed by atoms with Crippen LogP contribution >= 0.6 is 0 Å². The summed E-state index contributed by atoms with van der Waals surface area (Å²) >= 11 is 0. The molecule has 0 saturated heterocycles. The minimum Gasteiger partial charge on any atom is -0.496 e. The second-order valence-corrected chi connectivity index (χ2v) is 7.27. The van der Waals surface area contributed by atoms with Crippen molar-refractivity contribution in [2.45, 2.75) is 6.54 Å². The molecule has 0 spiro atoms. The van der Waals surface area contributed by atoms with Crippen molar-refractivity contribution in [2.75, 3.05) is 24.9 Å². The zero-order chi connectivity index (χ0) is 24.1. The largest absolute Gasteiger partial charge is 0.496 e. The van der Waals surface area contributed by atoms with Gasteiger partial charge in [-0.1, -0.05) is 24.3 Å². The quantitative estimate of drug-likeness (QED) is 0.359. The predicted octanol–water partition coefficient (Wildman–Crippen LogP) is 4.21. The Balaban J connectivity index is 1.53. The molecule has 9 nitrogen and oxygen atoms in total. The van der Waals surface area contributed by atoms with E-state index in [-0.39, 0.29) is 11.5 Å². The van der Waals surface area contributed by atoms with Crippen LogP contribution in [-0.4, -0.2) is 41.2 Å². The van der Waals surface area contributed by atoms with Gasteiger partial charge in [-0.25, -0.2) is 14.8 Å². The number of fused-ring (bicyclic) bond motifs is 1. The molecule has 0 bridgehead atoms. The molecule has 4 rings (SSSR count). The van der Waals surface area contributed by atoms with Crippen molar-refractivity contribution >= 4 is 34.3 Å². The molecule has 1 amide bonds. The number of nitrogens with one attached hydrogen (secondary N) is 2. The standard InChI is InChI=1S/C25H22N4O5/c1-33-19-10-5-11-20(34-2)21(19)24(30)29-16-7-3-6-15(12-16)13-26-23-17-8-4-9-18(25(31)32)22(17)27-14-28-23/h3-12,14H,13H2,1-2H3,(H,29,30)(H,31,32)(H,26,27,28). The highest BCUT2D eigenvalue weighted by molar-refractivity contribution is 6.08. The maximum absolute atomic E-state index is 12.9. The third-order valence-corrected chi connectivity index (χ3v) is 5.19. The molecule has 9 heteroatoms. The van der Waals surface area contributed by atoms with Crippen LogP contribution in [-0.2, 0) is 6.54 Å². The van der Waals surface area contributed by atoms with E-state index in [0.29, 0.717) is 46.0 Å². The number of aromatic carboxylic acids is 1. The molecule has 0 aliphatic rings. The summed E-state index contributed by atoms with van der Waals surface area (Å²) in [5, 5.41) is 16.1. The molecule has 1 heterocycles. The van der Waals surface area contributed by atoms with Gasteiger partial charge in [0, 0.05) is 17.6 Å². The van der Waals surface area contributed by atoms with Gasteiger partial charge in [0.25, 0.3) is 5.91 Å². The summed E-state index contributed by atoms with van der Waals surface area (Å²) in [4.78, 5) is 32.8. The fourth-order valence-corrected chi connectivity index (χ4v) is 3.61. The molecule has 1 aromatic heterocycles. The van der Waals surface area contributed by atoms with E-state index in [4.69, 9.17) is 9.47 Å². The Labute approximate surface area is 195 Å². The van der Waals surface area contributed by atoms with Gasteiger partial charge < -0.3 is 25.2 Å². The lowest BCUT2D eigenvalue weighted by Gasteiger charge is -2.14. The average molecular weight is 458 g/mol. The van der Waals surface area contributed by atoms with E-state index in [9.17, 15) is 14.7 Å². The number of carboxylic acids is 1. The van der Waals surface area contributed by atoms with Crippen LogP contribution < -0.4 is 20.1 Å². The number of carbonyl (C=O) groups excluding carboxylic acids is 1. The molecule has 172 valence electrons. The van der Waals surface area contributed by atoms with Crippen LogP contribution in [0.2, 0.25) is 0 Å². The summed E-state index contributed by atoms with van der Waals surface area (Å²) in [6.45, 7) is 0.394. The van der Waals surface area contributed by atoms with Crippen LogP contribution in [0.3, 0.4) is 0 Å². The number of nitrogens with zero attached hydrogens (tertiary/aromatic N) is 2. The Morgan fingerprint density at radius 3 is 2.35 bits per heavy atom. The van der Waals surface area contributed by atoms with Crippen molar-refractivity contribution in [1.82, 2.24) is 9.97 Å². The molecular weight excluding hydrogens is 436 g/mol. The Morgan fingerprint density at radius 1 is 0.941 bits per heavy atom. The van der Waals surface area contributed by atoms with Crippen LogP contribution in [0.1, 0.15) is 26.3 Å². The second-order valence-electron chi connectivity index (χ2n) is 7.27. The van der Waals surface area contributed by atoms with Gasteiger partial charge in [-0.05, 0) is 42.0 Å². The number of hydrogen-bond acceptors (Lipinski definition) is 7. The van der Waals surface area contributed by atoms with Crippen LogP contribution in [0.25, 0.3) is 10.9 Å². The fourth-order valence-electron chi connectivity index (χ4n) is 3.61. The Bertz CT molecular complexity index is 1350. The highest BCUT2D eigenvalue weighted by atomic mass is 16.5. The highest BCUT2D eigenvalue weighted by Crippen LogP contribution is 2.29. The molecule has 0 unspecified atom stereocenters. The first-order valence-electron chi connectivity index (χ1n) is 10.3. The predicted molar refractivity (Wildman–Crippen MR) is 128 cm³/mol. The number of ether oxygens (including phenoxy) is 2. The molecule has 0 radical (unpaired) electrons. The molecule has 0 fully saturated rings. The smallest absolute Gasteiger partial charge is 0.337 e. The average Bonchev–Trinajstić information content (AvgIpc) is 2.86. The van der Waals surface area contributed by atoms with Crippen molar-refractivity contribution in [3.05, 3.63) is 83.7 Å². The number of aromatic nitrogens is 2. The summed E-state index contributed by atoms with van der Waals surface area (Å²) < 4.78 is 10.6. The number of benzene rings is 3. The van der Waals surface area contributed by atoms with Crippen LogP contribution in [0, 0.1) is 0 Å². The number of rotatable bonds is 8. The number of carboxylic acid groups (broad SMARTS) is 1. The molecule has 34 heavy (non-hydrogen) atoms. The monoisotopic (exact) mass is 458 g/mol. The van der Waals surface area contributed by atoms with Crippen molar-refractivity contribution in [3.63, 3.8) is 0 Å². The number of anilines is 2. The highest BCUT2D eigenvalue weighted by Gasteiger charge is 2.18. The molecule has 0 saturated carbocycles. The van der Waals surface area contributed by atoms with Gasteiger partial charge in [-0.15, -0.1) is 0 Å². The van der Waals surface area contributed by atoms with Crippen LogP contribution in [0.15, 0.2) is 67.0 Å². The van der Waals surface area contributed by atoms with Gasteiger partial charge in [0.05, 0.1) is 25.3 Å². The molecular formula is C25H22N4O5. The lowest BCUT2D eigenvalue weighted by molar-refractivity contribution is 0.0698. The van der Waals surface area contributed by atoms with Gasteiger partial charge >= 0.3 is 5.97 Å². The fraction of sp³-hybridized carbons (Fsp3) is 0.120. The van der Waals surface area contributed by atoms with E-state index < -0.39 is 5.97 Å². The minimum atomic E-state index is -1.05. The number of amides is 1. The second kappa shape index (κ2) is 9.86. The van der Waals surface area contributed by atoms with Gasteiger partial charge in [0.1, 0.15) is 29.2 Å². The molecule has 0 atom stereocenters. The van der Waals surface area contributed by atoms with Crippen molar-refractivity contribution in [3.8, 4) is 11.5 Å². The molecule has 3 aromatic carbocycles. The van der Waals surface area contributed by atoms with Gasteiger partial charge in [0.2, 0.25) is 0 Å². The Morgan fingerprint density at radius 2 is 1.65 bits per heavy atom. The summed E-state index contributed by atoms with van der Waals surface area (Å²) in [5.41, 5.74) is 2.25. The first kappa shape index (κ1) is 22.5. The SMILES string of the molecule is COc1cccc(OC)c1C(=O)Nc1cccc(CNc2ncnc3c(C(=O)O)cccc23)c1. The minimum absolute atomic E-state index is 0.111. The van der Waals surface area contributed by atoms with Crippen LogP contribution in [0.5, 0.6) is 11.5 Å². The third kappa shape index (κ3) is 4.58. The van der Waals surface area contributed by atoms with E-state index in [1.165, 1.54) is 26.6 Å². The topological polar surface area (TPSA) is 123 Å². The Hall–Kier alpha value is -4.66. The van der Waals surface area contributed by atoms with Gasteiger partial charge in [0.15, 0.2) is 0 Å². The van der Waals surface area contributed by atoms with E-state index in [0.717, 1.165) is 5.56 Å². The first-order chi connectivity index (χ1) is 16.5. The van der Waals surface area contributed by atoms with Crippen molar-refractivity contribution < 1.29 is 24.2 Å². The molecule has 0 aliphatic heterocycles. The molecule has 0 aliphatic carbocycles. The lowest BCUT2D eigenvalue weighted by atomic mass is 10.1. The van der Waals surface area contributed by atoms with E-state index in [2.05, 4.69) is 20.6 Å². The van der Waals surface area contributed by atoms with Gasteiger partial charge in [-0.2, -0.15) is 0 Å². The summed E-state index contributed by atoms with van der Waals surface area (Å²) in [5.74, 6) is -0.0776. The lowest BCUT2D eigenvalue weighted by Crippen LogP contribution is -2.15. The maximum atomic E-state index is 12.9. The van der Waals surface area contributed by atoms with Gasteiger partial charge in [-0.3, -0.25) is 4.79 Å². The zero-order valence-electron chi connectivity index (χ0n) is 18.5. The number of methoxy groups -OCH3 is 2. The molecule has 3 N–H and O–H groups in total. The third-order valence-electron chi connectivity index (χ3n) is 5.19.